The van der Waals surface area contributed by atoms with Crippen molar-refractivity contribution in [1.82, 2.24) is 0 Å². The minimum atomic E-state index is -0.838. The summed E-state index contributed by atoms with van der Waals surface area (Å²) in [7, 11) is 1.32. The molecule has 4 nitrogen and oxygen atoms in total. The second-order valence-corrected chi connectivity index (χ2v) is 3.96. The Labute approximate surface area is 75.9 Å². The first-order chi connectivity index (χ1) is 6.09. The van der Waals surface area contributed by atoms with Crippen molar-refractivity contribution in [2.24, 2.45) is 10.8 Å². The molecule has 2 aliphatic rings. The molecule has 0 aromatic heterocycles. The third kappa shape index (κ3) is 0.677. The van der Waals surface area contributed by atoms with Gasteiger partial charge in [-0.2, -0.15) is 0 Å². The zero-order chi connectivity index (χ0) is 9.69. The van der Waals surface area contributed by atoms with E-state index >= 15 is 0 Å². The maximum absolute atomic E-state index is 11.4. The average Bonchev–Trinajstić information content (AvgIpc) is 2.08. The minimum absolute atomic E-state index is 0.340. The highest BCUT2D eigenvalue weighted by molar-refractivity contribution is 5.91. The number of methoxy groups -OCH3 is 1. The summed E-state index contributed by atoms with van der Waals surface area (Å²) >= 11 is 0. The van der Waals surface area contributed by atoms with Crippen LogP contribution in [0.5, 0.6) is 0 Å². The SMILES string of the molecule is COC(=O)C12CCC1(C(=O)O)CC2. The number of aliphatic carboxylic acids is 1. The molecule has 0 aromatic rings. The first kappa shape index (κ1) is 8.53. The maximum Gasteiger partial charge on any atom is 0.312 e. The number of carbonyl (C=O) groups excluding carboxylic acids is 1. The van der Waals surface area contributed by atoms with Gasteiger partial charge in [0.2, 0.25) is 0 Å². The van der Waals surface area contributed by atoms with Crippen LogP contribution >= 0.6 is 0 Å². The van der Waals surface area contributed by atoms with Gasteiger partial charge in [0.25, 0.3) is 0 Å². The molecule has 2 fully saturated rings. The van der Waals surface area contributed by atoms with E-state index in [2.05, 4.69) is 4.74 Å². The highest BCUT2D eigenvalue weighted by atomic mass is 16.5. The van der Waals surface area contributed by atoms with Gasteiger partial charge in [0, 0.05) is 0 Å². The van der Waals surface area contributed by atoms with Gasteiger partial charge in [-0.15, -0.1) is 0 Å². The van der Waals surface area contributed by atoms with E-state index in [0.717, 1.165) is 0 Å². The normalized spacial score (nSPS) is 41.0. The number of carboxylic acids is 1. The van der Waals surface area contributed by atoms with Crippen molar-refractivity contribution >= 4 is 11.9 Å². The van der Waals surface area contributed by atoms with Gasteiger partial charge < -0.3 is 9.84 Å². The van der Waals surface area contributed by atoms with Gasteiger partial charge in [0.05, 0.1) is 17.9 Å². The lowest BCUT2D eigenvalue weighted by atomic mass is 9.38. The molecule has 72 valence electrons. The van der Waals surface area contributed by atoms with E-state index in [4.69, 9.17) is 5.11 Å². The summed E-state index contributed by atoms with van der Waals surface area (Å²) in [5.74, 6) is -1.18. The van der Waals surface area contributed by atoms with E-state index in [1.165, 1.54) is 7.11 Å². The van der Waals surface area contributed by atoms with E-state index in [1.54, 1.807) is 0 Å². The second-order valence-electron chi connectivity index (χ2n) is 3.96. The molecule has 0 atom stereocenters. The molecule has 2 saturated carbocycles. The van der Waals surface area contributed by atoms with Crippen LogP contribution in [0.15, 0.2) is 0 Å². The monoisotopic (exact) mass is 184 g/mol. The fourth-order valence-electron chi connectivity index (χ4n) is 2.72. The van der Waals surface area contributed by atoms with Crippen molar-refractivity contribution in [2.75, 3.05) is 7.11 Å². The summed E-state index contributed by atoms with van der Waals surface area (Å²) in [6, 6.07) is 0. The predicted molar refractivity (Wildman–Crippen MR) is 43.0 cm³/mol. The topological polar surface area (TPSA) is 63.6 Å². The summed E-state index contributed by atoms with van der Waals surface area (Å²) in [6.07, 6.45) is 2.59. The third-order valence-corrected chi connectivity index (χ3v) is 3.86. The van der Waals surface area contributed by atoms with Crippen molar-refractivity contribution in [3.05, 3.63) is 0 Å². The molecule has 0 radical (unpaired) electrons. The van der Waals surface area contributed by atoms with Crippen LogP contribution in [0.1, 0.15) is 25.7 Å². The Kier molecular flexibility index (Phi) is 1.47. The van der Waals surface area contributed by atoms with E-state index in [1.807, 2.05) is 0 Å². The van der Waals surface area contributed by atoms with E-state index in [0.29, 0.717) is 25.7 Å². The molecule has 0 aliphatic heterocycles. The van der Waals surface area contributed by atoms with Crippen LogP contribution in [0.2, 0.25) is 0 Å². The van der Waals surface area contributed by atoms with Gasteiger partial charge in [-0.3, -0.25) is 9.59 Å². The number of hydrogen-bond donors (Lipinski definition) is 1. The molecule has 0 saturated heterocycles. The standard InChI is InChI=1S/C9H12O4/c1-13-7(12)9-4-2-8(9,3-5-9)6(10)11/h2-5H2,1H3,(H,10,11). The molecular formula is C9H12O4. The third-order valence-electron chi connectivity index (χ3n) is 3.86. The molecule has 0 heterocycles. The molecule has 1 N–H and O–H groups in total. The van der Waals surface area contributed by atoms with Crippen LogP contribution in [-0.4, -0.2) is 24.2 Å². The molecule has 0 unspecified atom stereocenters. The Bertz CT molecular complexity index is 273. The second kappa shape index (κ2) is 2.25. The zero-order valence-electron chi connectivity index (χ0n) is 7.50. The molecule has 0 amide bonds. The first-order valence-corrected chi connectivity index (χ1v) is 4.41. The van der Waals surface area contributed by atoms with Crippen LogP contribution in [0.3, 0.4) is 0 Å². The summed E-state index contributed by atoms with van der Waals surface area (Å²) in [4.78, 5) is 22.4. The van der Waals surface area contributed by atoms with Gasteiger partial charge >= 0.3 is 11.9 Å². The Morgan fingerprint density at radius 2 is 1.62 bits per heavy atom. The molecule has 0 aromatic carbocycles. The zero-order valence-corrected chi connectivity index (χ0v) is 7.50. The lowest BCUT2D eigenvalue weighted by Crippen LogP contribution is -2.67. The fraction of sp³-hybridized carbons (Fsp3) is 0.778. The minimum Gasteiger partial charge on any atom is -0.481 e. The molecule has 0 bridgehead atoms. The van der Waals surface area contributed by atoms with Crippen LogP contribution < -0.4 is 0 Å². The number of hydrogen-bond acceptors (Lipinski definition) is 3. The number of esters is 1. The Morgan fingerprint density at radius 3 is 1.85 bits per heavy atom. The smallest absolute Gasteiger partial charge is 0.312 e. The highest BCUT2D eigenvalue weighted by Gasteiger charge is 2.74. The number of rotatable bonds is 2. The van der Waals surface area contributed by atoms with Crippen molar-refractivity contribution in [1.29, 1.82) is 0 Å². The number of fused-ring (bicyclic) bond motifs is 1. The molecule has 2 rings (SSSR count). The molecule has 4 heteroatoms. The van der Waals surface area contributed by atoms with Crippen LogP contribution in [0, 0.1) is 10.8 Å². The highest BCUT2D eigenvalue weighted by Crippen LogP contribution is 2.70. The van der Waals surface area contributed by atoms with Crippen molar-refractivity contribution in [3.63, 3.8) is 0 Å². The Balaban J connectivity index is 2.27. The van der Waals surface area contributed by atoms with Crippen LogP contribution in [-0.2, 0) is 14.3 Å². The molecule has 0 spiro atoms. The largest absolute Gasteiger partial charge is 0.481 e. The Morgan fingerprint density at radius 1 is 1.15 bits per heavy atom. The fourth-order valence-corrected chi connectivity index (χ4v) is 2.72. The number of carboxylic acid groups (broad SMARTS) is 1. The van der Waals surface area contributed by atoms with E-state index in [-0.39, 0.29) is 5.97 Å². The predicted octanol–water partition coefficient (Wildman–Crippen LogP) is 0.804. The summed E-state index contributed by atoms with van der Waals surface area (Å²) < 4.78 is 4.65. The van der Waals surface area contributed by atoms with Gasteiger partial charge in [-0.1, -0.05) is 0 Å². The van der Waals surface area contributed by atoms with Gasteiger partial charge in [0.15, 0.2) is 0 Å². The van der Waals surface area contributed by atoms with Gasteiger partial charge in [-0.05, 0) is 25.7 Å². The lowest BCUT2D eigenvalue weighted by Gasteiger charge is -2.62. The van der Waals surface area contributed by atoms with Gasteiger partial charge in [-0.25, -0.2) is 0 Å². The summed E-state index contributed by atoms with van der Waals surface area (Å²) in [6.45, 7) is 0. The van der Waals surface area contributed by atoms with Crippen LogP contribution in [0.25, 0.3) is 0 Å². The number of carbonyl (C=O) groups is 2. The van der Waals surface area contributed by atoms with Crippen molar-refractivity contribution in [2.45, 2.75) is 25.7 Å². The van der Waals surface area contributed by atoms with E-state index in [9.17, 15) is 9.59 Å². The number of ether oxygens (including phenoxy) is 1. The van der Waals surface area contributed by atoms with E-state index < -0.39 is 16.8 Å². The summed E-state index contributed by atoms with van der Waals surface area (Å²) in [5.41, 5.74) is -1.45. The molecule has 2 aliphatic carbocycles. The van der Waals surface area contributed by atoms with Crippen LogP contribution in [0.4, 0.5) is 0 Å². The van der Waals surface area contributed by atoms with Crippen molar-refractivity contribution in [3.8, 4) is 0 Å². The van der Waals surface area contributed by atoms with Gasteiger partial charge in [0.1, 0.15) is 0 Å². The maximum atomic E-state index is 11.4. The lowest BCUT2D eigenvalue weighted by molar-refractivity contribution is -0.223. The first-order valence-electron chi connectivity index (χ1n) is 4.41. The summed E-state index contributed by atoms with van der Waals surface area (Å²) in [5, 5.41) is 9.02. The molecule has 13 heavy (non-hydrogen) atoms. The van der Waals surface area contributed by atoms with Crippen molar-refractivity contribution < 1.29 is 19.4 Å². The quantitative estimate of drug-likeness (QED) is 0.645. The Hall–Kier alpha value is -1.06. The molecular weight excluding hydrogens is 172 g/mol. The average molecular weight is 184 g/mol.